The van der Waals surface area contributed by atoms with Crippen molar-refractivity contribution >= 4 is 15.9 Å². The van der Waals surface area contributed by atoms with Gasteiger partial charge in [-0.25, -0.2) is 23.1 Å². The Morgan fingerprint density at radius 2 is 1.84 bits per heavy atom. The van der Waals surface area contributed by atoms with Crippen molar-refractivity contribution in [3.8, 4) is 11.4 Å². The van der Waals surface area contributed by atoms with Crippen molar-refractivity contribution in [3.05, 3.63) is 48.3 Å². The molecule has 0 spiro atoms. The van der Waals surface area contributed by atoms with Crippen LogP contribution in [-0.4, -0.2) is 54.6 Å². The molecule has 0 radical (unpaired) electrons. The molecule has 0 atom stereocenters. The lowest BCUT2D eigenvalue weighted by Crippen LogP contribution is -2.46. The van der Waals surface area contributed by atoms with Gasteiger partial charge in [0.15, 0.2) is 5.82 Å². The molecule has 3 rings (SSSR count). The van der Waals surface area contributed by atoms with Gasteiger partial charge >= 0.3 is 0 Å². The SMILES string of the molecule is CS(=O)(=O)NC1CCN(C(=O)c2cccc(-c3ncccn3)c2)CC1. The van der Waals surface area contributed by atoms with Crippen molar-refractivity contribution < 1.29 is 13.2 Å². The van der Waals surface area contributed by atoms with E-state index in [4.69, 9.17) is 0 Å². The molecule has 1 aromatic heterocycles. The van der Waals surface area contributed by atoms with Crippen LogP contribution in [0.2, 0.25) is 0 Å². The third-order valence-electron chi connectivity index (χ3n) is 4.10. The fourth-order valence-electron chi connectivity index (χ4n) is 2.93. The summed E-state index contributed by atoms with van der Waals surface area (Å²) in [5, 5.41) is 0. The largest absolute Gasteiger partial charge is 0.339 e. The molecule has 8 heteroatoms. The third-order valence-corrected chi connectivity index (χ3v) is 4.86. The Labute approximate surface area is 147 Å². The van der Waals surface area contributed by atoms with Gasteiger partial charge in [0.25, 0.3) is 5.91 Å². The number of carbonyl (C=O) groups is 1. The number of hydrogen-bond donors (Lipinski definition) is 1. The summed E-state index contributed by atoms with van der Waals surface area (Å²) in [4.78, 5) is 22.9. The first-order valence-corrected chi connectivity index (χ1v) is 9.95. The van der Waals surface area contributed by atoms with Crippen LogP contribution in [0.25, 0.3) is 11.4 Å². The minimum absolute atomic E-state index is 0.0596. The lowest BCUT2D eigenvalue weighted by molar-refractivity contribution is 0.0711. The van der Waals surface area contributed by atoms with E-state index in [-0.39, 0.29) is 11.9 Å². The average molecular weight is 360 g/mol. The molecule has 1 N–H and O–H groups in total. The molecule has 2 heterocycles. The van der Waals surface area contributed by atoms with Crippen molar-refractivity contribution in [2.45, 2.75) is 18.9 Å². The first kappa shape index (κ1) is 17.5. The molecular weight excluding hydrogens is 340 g/mol. The Bertz CT molecular complexity index is 847. The summed E-state index contributed by atoms with van der Waals surface area (Å²) in [5.41, 5.74) is 1.37. The first-order chi connectivity index (χ1) is 11.9. The molecule has 0 bridgehead atoms. The zero-order valence-corrected chi connectivity index (χ0v) is 14.7. The number of sulfonamides is 1. The number of rotatable bonds is 4. The van der Waals surface area contributed by atoms with Crippen molar-refractivity contribution in [1.82, 2.24) is 19.6 Å². The second-order valence-corrected chi connectivity index (χ2v) is 7.89. The Morgan fingerprint density at radius 1 is 1.16 bits per heavy atom. The maximum absolute atomic E-state index is 12.7. The third kappa shape index (κ3) is 4.61. The molecule has 1 amide bonds. The second kappa shape index (κ2) is 7.28. The lowest BCUT2D eigenvalue weighted by atomic mass is 10.0. The van der Waals surface area contributed by atoms with Crippen LogP contribution in [-0.2, 0) is 10.0 Å². The Kier molecular flexibility index (Phi) is 5.10. The van der Waals surface area contributed by atoms with Crippen LogP contribution in [0.1, 0.15) is 23.2 Å². The van der Waals surface area contributed by atoms with Crippen LogP contribution in [0.5, 0.6) is 0 Å². The van der Waals surface area contributed by atoms with Crippen molar-refractivity contribution in [1.29, 1.82) is 0 Å². The normalized spacial score (nSPS) is 16.0. The summed E-state index contributed by atoms with van der Waals surface area (Å²) in [5.74, 6) is 0.517. The fourth-order valence-corrected chi connectivity index (χ4v) is 3.77. The summed E-state index contributed by atoms with van der Waals surface area (Å²) in [7, 11) is -3.22. The van der Waals surface area contributed by atoms with Gasteiger partial charge in [-0.05, 0) is 31.0 Å². The summed E-state index contributed by atoms with van der Waals surface area (Å²) < 4.78 is 25.2. The van der Waals surface area contributed by atoms with Crippen molar-refractivity contribution in [3.63, 3.8) is 0 Å². The van der Waals surface area contributed by atoms with Crippen LogP contribution in [0.15, 0.2) is 42.7 Å². The number of aromatic nitrogens is 2. The molecule has 2 aromatic rings. The average Bonchev–Trinajstić information content (AvgIpc) is 2.61. The van der Waals surface area contributed by atoms with Crippen LogP contribution >= 0.6 is 0 Å². The number of piperidine rings is 1. The maximum Gasteiger partial charge on any atom is 0.253 e. The van der Waals surface area contributed by atoms with Gasteiger partial charge in [0.05, 0.1) is 6.26 Å². The van der Waals surface area contributed by atoms with Crippen LogP contribution in [0, 0.1) is 0 Å². The van der Waals surface area contributed by atoms with E-state index in [1.165, 1.54) is 0 Å². The van der Waals surface area contributed by atoms with E-state index in [1.807, 2.05) is 12.1 Å². The highest BCUT2D eigenvalue weighted by atomic mass is 32.2. The lowest BCUT2D eigenvalue weighted by Gasteiger charge is -2.32. The molecule has 0 unspecified atom stereocenters. The van der Waals surface area contributed by atoms with Crippen LogP contribution < -0.4 is 4.72 Å². The molecule has 1 aliphatic heterocycles. The minimum Gasteiger partial charge on any atom is -0.339 e. The van der Waals surface area contributed by atoms with Gasteiger partial charge in [-0.3, -0.25) is 4.79 Å². The molecular formula is C17H20N4O3S. The molecule has 132 valence electrons. The Balaban J connectivity index is 1.68. The van der Waals surface area contributed by atoms with E-state index in [0.29, 0.717) is 37.3 Å². The van der Waals surface area contributed by atoms with Crippen LogP contribution in [0.4, 0.5) is 0 Å². The fraction of sp³-hybridized carbons (Fsp3) is 0.353. The second-order valence-electron chi connectivity index (χ2n) is 6.11. The Hall–Kier alpha value is -2.32. The quantitative estimate of drug-likeness (QED) is 0.887. The van der Waals surface area contributed by atoms with Crippen molar-refractivity contribution in [2.75, 3.05) is 19.3 Å². The van der Waals surface area contributed by atoms with Crippen LogP contribution in [0.3, 0.4) is 0 Å². The topological polar surface area (TPSA) is 92.3 Å². The van der Waals surface area contributed by atoms with E-state index in [2.05, 4.69) is 14.7 Å². The standard InChI is InChI=1S/C17H20N4O3S/c1-25(23,24)20-15-6-10-21(11-7-15)17(22)14-5-2-4-13(12-14)16-18-8-3-9-19-16/h2-5,8-9,12,15,20H,6-7,10-11H2,1H3. The zero-order chi connectivity index (χ0) is 17.9. The molecule has 1 aromatic carbocycles. The van der Waals surface area contributed by atoms with Gasteiger partial charge in [-0.1, -0.05) is 12.1 Å². The molecule has 0 aliphatic carbocycles. The smallest absolute Gasteiger partial charge is 0.253 e. The summed E-state index contributed by atoms with van der Waals surface area (Å²) >= 11 is 0. The number of benzene rings is 1. The molecule has 1 saturated heterocycles. The van der Waals surface area contributed by atoms with Gasteiger partial charge in [0.2, 0.25) is 10.0 Å². The monoisotopic (exact) mass is 360 g/mol. The van der Waals surface area contributed by atoms with E-state index in [0.717, 1.165) is 11.8 Å². The number of hydrogen-bond acceptors (Lipinski definition) is 5. The zero-order valence-electron chi connectivity index (χ0n) is 13.9. The van der Waals surface area contributed by atoms with Gasteiger partial charge in [-0.2, -0.15) is 0 Å². The first-order valence-electron chi connectivity index (χ1n) is 8.06. The van der Waals surface area contributed by atoms with E-state index in [9.17, 15) is 13.2 Å². The maximum atomic E-state index is 12.7. The molecule has 25 heavy (non-hydrogen) atoms. The Morgan fingerprint density at radius 3 is 2.48 bits per heavy atom. The van der Waals surface area contributed by atoms with Gasteiger partial charge in [0, 0.05) is 42.7 Å². The summed E-state index contributed by atoms with van der Waals surface area (Å²) in [6.45, 7) is 1.05. The predicted octanol–water partition coefficient (Wildman–Crippen LogP) is 1.30. The number of nitrogens with zero attached hydrogens (tertiary/aromatic N) is 3. The molecule has 1 fully saturated rings. The number of amides is 1. The predicted molar refractivity (Wildman–Crippen MR) is 94.4 cm³/mol. The molecule has 7 nitrogen and oxygen atoms in total. The van der Waals surface area contributed by atoms with Gasteiger partial charge in [0.1, 0.15) is 0 Å². The van der Waals surface area contributed by atoms with Gasteiger partial charge < -0.3 is 4.90 Å². The highest BCUT2D eigenvalue weighted by molar-refractivity contribution is 7.88. The highest BCUT2D eigenvalue weighted by Gasteiger charge is 2.25. The number of likely N-dealkylation sites (tertiary alicyclic amines) is 1. The summed E-state index contributed by atoms with van der Waals surface area (Å²) in [6.07, 6.45) is 5.70. The highest BCUT2D eigenvalue weighted by Crippen LogP contribution is 2.19. The number of nitrogens with one attached hydrogen (secondary N) is 1. The number of carbonyl (C=O) groups excluding carboxylic acids is 1. The molecule has 1 aliphatic rings. The molecule has 0 saturated carbocycles. The minimum atomic E-state index is -3.22. The van der Waals surface area contributed by atoms with Gasteiger partial charge in [-0.15, -0.1) is 0 Å². The van der Waals surface area contributed by atoms with E-state index in [1.54, 1.807) is 35.5 Å². The summed E-state index contributed by atoms with van der Waals surface area (Å²) in [6, 6.07) is 8.88. The van der Waals surface area contributed by atoms with E-state index >= 15 is 0 Å². The van der Waals surface area contributed by atoms with E-state index < -0.39 is 10.0 Å². The van der Waals surface area contributed by atoms with Crippen molar-refractivity contribution in [2.24, 2.45) is 0 Å².